The van der Waals surface area contributed by atoms with E-state index in [2.05, 4.69) is 159 Å². The quantitative estimate of drug-likeness (QED) is 0.184. The van der Waals surface area contributed by atoms with Crippen LogP contribution in [0.2, 0.25) is 128 Å². The van der Waals surface area contributed by atoms with Crippen LogP contribution in [-0.2, 0) is 14.1 Å². The van der Waals surface area contributed by atoms with Crippen LogP contribution >= 0.6 is 0 Å². The van der Waals surface area contributed by atoms with Gasteiger partial charge in [0.2, 0.25) is 0 Å². The summed E-state index contributed by atoms with van der Waals surface area (Å²) in [5.74, 6) is 2.35. The molecule has 0 radical (unpaired) electrons. The van der Waals surface area contributed by atoms with E-state index < -0.39 is 62.6 Å². The third-order valence-electron chi connectivity index (χ3n) is 10.1. The molecule has 0 saturated heterocycles. The summed E-state index contributed by atoms with van der Waals surface area (Å²) in [6.45, 7) is 67.6. The van der Waals surface area contributed by atoms with Crippen molar-refractivity contribution in [2.75, 3.05) is 0 Å². The van der Waals surface area contributed by atoms with Crippen molar-refractivity contribution in [3.63, 3.8) is 0 Å². The molecule has 7 heteroatoms. The molecule has 225 valence electrons. The molecule has 0 aliphatic heterocycles. The molecular formula is C30H75CrSi6. The van der Waals surface area contributed by atoms with Gasteiger partial charge in [-0.05, 0) is 0 Å². The monoisotopic (exact) mass is 655 g/mol. The summed E-state index contributed by atoms with van der Waals surface area (Å²) in [6.07, 6.45) is 0. The fraction of sp³-hybridized carbons (Fsp3) is 1.00. The molecule has 0 unspecified atom stereocenters. The van der Waals surface area contributed by atoms with Crippen LogP contribution in [0.3, 0.4) is 0 Å². The molecule has 37 heavy (non-hydrogen) atoms. The molecule has 0 aliphatic rings. The predicted molar refractivity (Wildman–Crippen MR) is 193 cm³/mol. The van der Waals surface area contributed by atoms with Gasteiger partial charge in [0.1, 0.15) is 0 Å². The second-order valence-electron chi connectivity index (χ2n) is 19.5. The van der Waals surface area contributed by atoms with Gasteiger partial charge in [-0.3, -0.25) is 0 Å². The van der Waals surface area contributed by atoms with Gasteiger partial charge in [-0.15, -0.1) is 0 Å². The summed E-state index contributed by atoms with van der Waals surface area (Å²) in [5, 5.41) is 0. The predicted octanol–water partition coefficient (Wildman–Crippen LogP) is 12.3. The average molecular weight is 656 g/mol. The first-order valence-electron chi connectivity index (χ1n) is 15.4. The molecular weight excluding hydrogens is 581 g/mol. The standard InChI is InChI=1S/3C10H25Si2.Cr/c3*1-9(2)10(11(3,4)5)12(6,7)8;/h3*9H,1-8H3;. The van der Waals surface area contributed by atoms with Gasteiger partial charge in [0.05, 0.1) is 0 Å². The summed E-state index contributed by atoms with van der Waals surface area (Å²) in [5.41, 5.74) is 0. The molecule has 0 bridgehead atoms. The van der Waals surface area contributed by atoms with E-state index >= 15 is 0 Å². The van der Waals surface area contributed by atoms with Gasteiger partial charge in [-0.2, -0.15) is 0 Å². The molecule has 0 rings (SSSR count). The van der Waals surface area contributed by atoms with Gasteiger partial charge < -0.3 is 0 Å². The number of rotatable bonds is 12. The zero-order valence-electron chi connectivity index (χ0n) is 30.6. The van der Waals surface area contributed by atoms with E-state index in [1.807, 2.05) is 0 Å². The van der Waals surface area contributed by atoms with E-state index in [-0.39, 0.29) is 0 Å². The zero-order chi connectivity index (χ0) is 30.8. The molecule has 0 amide bonds. The van der Waals surface area contributed by atoms with Crippen LogP contribution in [0.1, 0.15) is 41.5 Å². The summed E-state index contributed by atoms with van der Waals surface area (Å²) < 4.78 is 1.78. The van der Waals surface area contributed by atoms with E-state index in [4.69, 9.17) is 0 Å². The van der Waals surface area contributed by atoms with Crippen molar-refractivity contribution in [1.82, 2.24) is 0 Å². The van der Waals surface area contributed by atoms with Crippen LogP contribution in [0.15, 0.2) is 0 Å². The first-order chi connectivity index (χ1) is 15.7. The van der Waals surface area contributed by atoms with E-state index in [1.54, 1.807) is 0 Å². The summed E-state index contributed by atoms with van der Waals surface area (Å²) in [4.78, 5) is 0. The van der Waals surface area contributed by atoms with Crippen molar-refractivity contribution in [3.8, 4) is 0 Å². The second-order valence-corrected chi connectivity index (χ2v) is 60.2. The molecule has 0 N–H and O–H groups in total. The van der Waals surface area contributed by atoms with E-state index in [1.165, 1.54) is 0 Å². The molecule has 0 aromatic heterocycles. The Bertz CT molecular complexity index is 612. The Hall–Kier alpha value is 1.83. The van der Waals surface area contributed by atoms with Gasteiger partial charge >= 0.3 is 250 Å². The number of hydrogen-bond acceptors (Lipinski definition) is 0. The van der Waals surface area contributed by atoms with Crippen molar-refractivity contribution < 1.29 is 14.1 Å². The minimum atomic E-state index is -1.62. The molecule has 0 spiro atoms. The van der Waals surface area contributed by atoms with Gasteiger partial charge in [0.25, 0.3) is 0 Å². The van der Waals surface area contributed by atoms with Crippen molar-refractivity contribution in [2.24, 2.45) is 17.8 Å². The molecule has 0 saturated carbocycles. The van der Waals surface area contributed by atoms with Gasteiger partial charge in [0.15, 0.2) is 0 Å². The van der Waals surface area contributed by atoms with Gasteiger partial charge in [-0.25, -0.2) is 0 Å². The molecule has 0 atom stereocenters. The third kappa shape index (κ3) is 5.76. The van der Waals surface area contributed by atoms with E-state index in [9.17, 15) is 0 Å². The second kappa shape index (κ2) is 11.2. The van der Waals surface area contributed by atoms with Gasteiger partial charge in [0, 0.05) is 0 Å². The van der Waals surface area contributed by atoms with Crippen LogP contribution in [-0.4, -0.2) is 48.4 Å². The van der Waals surface area contributed by atoms with Crippen molar-refractivity contribution in [2.45, 2.75) is 170 Å². The summed E-state index contributed by atoms with van der Waals surface area (Å²) in [6, 6.07) is 0. The molecule has 0 aromatic carbocycles. The summed E-state index contributed by atoms with van der Waals surface area (Å²) in [7, 11) is -9.71. The Labute approximate surface area is 248 Å². The van der Waals surface area contributed by atoms with Gasteiger partial charge in [-0.1, -0.05) is 0 Å². The number of hydrogen-bond donors (Lipinski definition) is 0. The fourth-order valence-corrected chi connectivity index (χ4v) is 87.8. The first kappa shape index (κ1) is 38.8. The normalized spacial score (nSPS) is 16.5. The molecule has 0 heterocycles. The van der Waals surface area contributed by atoms with Crippen LogP contribution in [0, 0.1) is 17.8 Å². The third-order valence-corrected chi connectivity index (χ3v) is 67.9. The van der Waals surface area contributed by atoms with Crippen LogP contribution in [0.25, 0.3) is 0 Å². The Morgan fingerprint density at radius 3 is 0.459 bits per heavy atom. The zero-order valence-corrected chi connectivity index (χ0v) is 37.9. The fourth-order valence-electron chi connectivity index (χ4n) is 11.9. The van der Waals surface area contributed by atoms with E-state index in [0.29, 0.717) is 10.6 Å². The average Bonchev–Trinajstić information content (AvgIpc) is 2.45. The van der Waals surface area contributed by atoms with Crippen molar-refractivity contribution >= 4 is 48.4 Å². The Kier molecular flexibility index (Phi) is 11.7. The maximum atomic E-state index is 2.85. The Morgan fingerprint density at radius 2 is 0.405 bits per heavy atom. The van der Waals surface area contributed by atoms with Crippen LogP contribution in [0.5, 0.6) is 0 Å². The van der Waals surface area contributed by atoms with Crippen LogP contribution in [0.4, 0.5) is 0 Å². The van der Waals surface area contributed by atoms with Crippen LogP contribution < -0.4 is 0 Å². The minimum absolute atomic E-state index is 0.593. The van der Waals surface area contributed by atoms with E-state index in [0.717, 1.165) is 17.8 Å². The first-order valence-corrected chi connectivity index (χ1v) is 38.4. The maximum absolute atomic E-state index is 2.85. The Balaban J connectivity index is 9.47. The molecule has 0 aliphatic carbocycles. The SMILES string of the molecule is CC(C)[C]([Cr]([C](C(C)C)([Si](C)(C)C)[Si](C)(C)C)[C](C(C)C)([Si](C)(C)C)[Si](C)(C)C)([Si](C)(C)C)[Si](C)(C)C. The van der Waals surface area contributed by atoms with Crippen molar-refractivity contribution in [1.29, 1.82) is 0 Å². The molecule has 0 fully saturated rings. The van der Waals surface area contributed by atoms with Crippen molar-refractivity contribution in [3.05, 3.63) is 0 Å². The molecule has 0 aromatic rings. The summed E-state index contributed by atoms with van der Waals surface area (Å²) >= 11 is -1.30. The molecule has 0 nitrogen and oxygen atoms in total. The Morgan fingerprint density at radius 1 is 0.297 bits per heavy atom. The topological polar surface area (TPSA) is 0 Å².